The van der Waals surface area contributed by atoms with Crippen molar-refractivity contribution in [1.82, 2.24) is 0 Å². The van der Waals surface area contributed by atoms with E-state index in [1.807, 2.05) is 0 Å². The average Bonchev–Trinajstić information content (AvgIpc) is 2.93. The van der Waals surface area contributed by atoms with Gasteiger partial charge in [-0.1, -0.05) is 24.3 Å². The van der Waals surface area contributed by atoms with Crippen LogP contribution >= 0.6 is 0 Å². The molecule has 0 unspecified atom stereocenters. The summed E-state index contributed by atoms with van der Waals surface area (Å²) in [5, 5.41) is 40.5. The summed E-state index contributed by atoms with van der Waals surface area (Å²) < 4.78 is 11.1. The molecular formula is C31H24O8. The Labute approximate surface area is 222 Å². The predicted molar refractivity (Wildman–Crippen MR) is 144 cm³/mol. The number of phenolic OH excluding ortho intramolecular Hbond substituents is 4. The summed E-state index contributed by atoms with van der Waals surface area (Å²) in [6, 6.07) is 20.8. The van der Waals surface area contributed by atoms with E-state index in [0.717, 1.165) is 6.07 Å². The first-order valence-corrected chi connectivity index (χ1v) is 12.0. The molecular weight excluding hydrogens is 500 g/mol. The van der Waals surface area contributed by atoms with Gasteiger partial charge in [0.2, 0.25) is 0 Å². The fourth-order valence-electron chi connectivity index (χ4n) is 4.77. The molecule has 8 heteroatoms. The quantitative estimate of drug-likeness (QED) is 0.207. The fraction of sp³-hybridized carbons (Fsp3) is 0.0968. The maximum atomic E-state index is 14.2. The predicted octanol–water partition coefficient (Wildman–Crippen LogP) is 5.42. The minimum absolute atomic E-state index is 0.0152. The standard InChI is InChI=1S/C31H24O8/c1-38-22-11-13-24-27(15-22)39-16-25(30(24)36)29(31(37)23-12-10-21(34)14-26(23)35)28(17-2-6-19(32)7-3-17)18-4-8-20(33)9-5-18/h2-16,28-29,32-35H,1H3/t29-/m0/s1. The number of hydrogen-bond donors (Lipinski definition) is 4. The summed E-state index contributed by atoms with van der Waals surface area (Å²) in [6.45, 7) is 0. The summed E-state index contributed by atoms with van der Waals surface area (Å²) >= 11 is 0. The molecule has 4 N–H and O–H groups in total. The highest BCUT2D eigenvalue weighted by atomic mass is 16.5. The zero-order chi connectivity index (χ0) is 27.7. The van der Waals surface area contributed by atoms with Gasteiger partial charge in [-0.05, 0) is 59.7 Å². The number of rotatable bonds is 7. The van der Waals surface area contributed by atoms with Crippen molar-refractivity contribution in [3.05, 3.63) is 124 Å². The van der Waals surface area contributed by atoms with Crippen molar-refractivity contribution in [3.63, 3.8) is 0 Å². The van der Waals surface area contributed by atoms with Gasteiger partial charge in [-0.3, -0.25) is 9.59 Å². The van der Waals surface area contributed by atoms with Crippen LogP contribution in [-0.2, 0) is 0 Å². The molecule has 0 saturated carbocycles. The van der Waals surface area contributed by atoms with Gasteiger partial charge in [0.25, 0.3) is 0 Å². The summed E-state index contributed by atoms with van der Waals surface area (Å²) in [7, 11) is 1.49. The Kier molecular flexibility index (Phi) is 6.68. The first-order valence-electron chi connectivity index (χ1n) is 12.0. The number of ketones is 1. The molecule has 0 aliphatic rings. The van der Waals surface area contributed by atoms with Gasteiger partial charge in [0.05, 0.1) is 30.2 Å². The van der Waals surface area contributed by atoms with Crippen LogP contribution in [0.15, 0.2) is 100 Å². The first-order chi connectivity index (χ1) is 18.8. The van der Waals surface area contributed by atoms with E-state index in [1.165, 1.54) is 49.8 Å². The van der Waals surface area contributed by atoms with Gasteiger partial charge >= 0.3 is 0 Å². The van der Waals surface area contributed by atoms with Crippen LogP contribution in [0.3, 0.4) is 0 Å². The Hall–Kier alpha value is -5.24. The van der Waals surface area contributed by atoms with Crippen molar-refractivity contribution in [3.8, 4) is 28.7 Å². The van der Waals surface area contributed by atoms with E-state index in [1.54, 1.807) is 42.5 Å². The second kappa shape index (κ2) is 10.3. The van der Waals surface area contributed by atoms with Crippen LogP contribution in [0.5, 0.6) is 28.7 Å². The molecule has 5 rings (SSSR count). The second-order valence-electron chi connectivity index (χ2n) is 9.09. The normalized spacial score (nSPS) is 11.9. The summed E-state index contributed by atoms with van der Waals surface area (Å²) in [5.41, 5.74) is 0.935. The number of aromatic hydroxyl groups is 4. The van der Waals surface area contributed by atoms with E-state index in [9.17, 15) is 30.0 Å². The Morgan fingerprint density at radius 2 is 1.36 bits per heavy atom. The number of carbonyl (C=O) groups is 1. The van der Waals surface area contributed by atoms with Gasteiger partial charge in [0, 0.05) is 23.6 Å². The number of Topliss-reactive ketones (excluding diaryl/α,β-unsaturated/α-hetero) is 1. The molecule has 0 aliphatic heterocycles. The van der Waals surface area contributed by atoms with Crippen molar-refractivity contribution < 1.29 is 34.4 Å². The second-order valence-corrected chi connectivity index (χ2v) is 9.09. The van der Waals surface area contributed by atoms with E-state index >= 15 is 0 Å². The lowest BCUT2D eigenvalue weighted by atomic mass is 9.73. The minimum Gasteiger partial charge on any atom is -0.508 e. The maximum Gasteiger partial charge on any atom is 0.196 e. The molecule has 4 aromatic carbocycles. The smallest absolute Gasteiger partial charge is 0.196 e. The average molecular weight is 525 g/mol. The van der Waals surface area contributed by atoms with Crippen LogP contribution in [0.1, 0.15) is 38.9 Å². The molecule has 0 amide bonds. The van der Waals surface area contributed by atoms with Crippen molar-refractivity contribution in [2.24, 2.45) is 0 Å². The third kappa shape index (κ3) is 4.87. The van der Waals surface area contributed by atoms with Crippen LogP contribution in [0.25, 0.3) is 11.0 Å². The van der Waals surface area contributed by atoms with Crippen LogP contribution in [0, 0.1) is 0 Å². The molecule has 0 saturated heterocycles. The minimum atomic E-state index is -1.21. The molecule has 1 atom stereocenters. The number of methoxy groups -OCH3 is 1. The molecule has 1 aromatic heterocycles. The molecule has 0 radical (unpaired) electrons. The summed E-state index contributed by atoms with van der Waals surface area (Å²) in [5.74, 6) is -2.76. The molecule has 39 heavy (non-hydrogen) atoms. The third-order valence-corrected chi connectivity index (χ3v) is 6.71. The van der Waals surface area contributed by atoms with E-state index in [-0.39, 0.29) is 39.3 Å². The number of fused-ring (bicyclic) bond motifs is 1. The summed E-state index contributed by atoms with van der Waals surface area (Å²) in [6.07, 6.45) is 1.23. The molecule has 0 aliphatic carbocycles. The summed E-state index contributed by atoms with van der Waals surface area (Å²) in [4.78, 5) is 28.1. The molecule has 196 valence electrons. The van der Waals surface area contributed by atoms with E-state index in [4.69, 9.17) is 9.15 Å². The van der Waals surface area contributed by atoms with Gasteiger partial charge < -0.3 is 29.6 Å². The number of phenols is 4. The fourth-order valence-corrected chi connectivity index (χ4v) is 4.77. The maximum absolute atomic E-state index is 14.2. The molecule has 5 aromatic rings. The Bertz CT molecular complexity index is 1670. The third-order valence-electron chi connectivity index (χ3n) is 6.71. The lowest BCUT2D eigenvalue weighted by molar-refractivity contribution is 0.0947. The molecule has 1 heterocycles. The van der Waals surface area contributed by atoms with Gasteiger partial charge in [0.15, 0.2) is 11.2 Å². The van der Waals surface area contributed by atoms with Crippen LogP contribution in [0.2, 0.25) is 0 Å². The van der Waals surface area contributed by atoms with Gasteiger partial charge in [-0.25, -0.2) is 0 Å². The Morgan fingerprint density at radius 3 is 1.92 bits per heavy atom. The first kappa shape index (κ1) is 25.4. The number of carbonyl (C=O) groups excluding carboxylic acids is 1. The van der Waals surface area contributed by atoms with Gasteiger partial charge in [-0.15, -0.1) is 0 Å². The zero-order valence-corrected chi connectivity index (χ0v) is 20.7. The number of ether oxygens (including phenoxy) is 1. The number of benzene rings is 4. The van der Waals surface area contributed by atoms with E-state index < -0.39 is 28.8 Å². The van der Waals surface area contributed by atoms with Gasteiger partial charge in [0.1, 0.15) is 34.3 Å². The zero-order valence-electron chi connectivity index (χ0n) is 20.7. The van der Waals surface area contributed by atoms with Crippen molar-refractivity contribution in [2.75, 3.05) is 7.11 Å². The number of hydrogen-bond acceptors (Lipinski definition) is 8. The molecule has 0 bridgehead atoms. The van der Waals surface area contributed by atoms with Crippen molar-refractivity contribution in [1.29, 1.82) is 0 Å². The molecule has 0 fully saturated rings. The Balaban J connectivity index is 1.80. The van der Waals surface area contributed by atoms with Gasteiger partial charge in [-0.2, -0.15) is 0 Å². The van der Waals surface area contributed by atoms with E-state index in [2.05, 4.69) is 0 Å². The molecule has 0 spiro atoms. The largest absolute Gasteiger partial charge is 0.508 e. The van der Waals surface area contributed by atoms with Crippen molar-refractivity contribution in [2.45, 2.75) is 11.8 Å². The Morgan fingerprint density at radius 1 is 0.769 bits per heavy atom. The van der Waals surface area contributed by atoms with Crippen LogP contribution < -0.4 is 10.2 Å². The molecule has 8 nitrogen and oxygen atoms in total. The van der Waals surface area contributed by atoms with Crippen LogP contribution in [-0.4, -0.2) is 33.3 Å². The SMILES string of the molecule is COc1ccc2c(=O)c([C@H](C(=O)c3ccc(O)cc3O)C(c3ccc(O)cc3)c3ccc(O)cc3)coc2c1. The monoisotopic (exact) mass is 524 g/mol. The highest BCUT2D eigenvalue weighted by Gasteiger charge is 2.37. The van der Waals surface area contributed by atoms with Crippen molar-refractivity contribution >= 4 is 16.8 Å². The lowest BCUT2D eigenvalue weighted by Gasteiger charge is -2.27. The van der Waals surface area contributed by atoms with Crippen LogP contribution in [0.4, 0.5) is 0 Å². The topological polar surface area (TPSA) is 137 Å². The lowest BCUT2D eigenvalue weighted by Crippen LogP contribution is -2.27. The van der Waals surface area contributed by atoms with E-state index in [0.29, 0.717) is 16.9 Å². The highest BCUT2D eigenvalue weighted by Crippen LogP contribution is 2.42. The highest BCUT2D eigenvalue weighted by molar-refractivity contribution is 6.04.